The van der Waals surface area contributed by atoms with E-state index in [1.54, 1.807) is 23.1 Å². The Bertz CT molecular complexity index is 514. The Balaban J connectivity index is 2.16. The minimum absolute atomic E-state index is 0.0258. The molecule has 0 saturated carbocycles. The van der Waals surface area contributed by atoms with Gasteiger partial charge in [-0.05, 0) is 26.0 Å². The van der Waals surface area contributed by atoms with E-state index in [0.717, 1.165) is 0 Å². The van der Waals surface area contributed by atoms with Gasteiger partial charge >= 0.3 is 0 Å². The molecule has 2 amide bonds. The topological polar surface area (TPSA) is 40.6 Å². The van der Waals surface area contributed by atoms with E-state index >= 15 is 0 Å². The van der Waals surface area contributed by atoms with Crippen molar-refractivity contribution in [2.75, 3.05) is 24.5 Å². The average Bonchev–Trinajstić information content (AvgIpc) is 2.82. The van der Waals surface area contributed by atoms with Gasteiger partial charge in [-0.25, -0.2) is 4.39 Å². The summed E-state index contributed by atoms with van der Waals surface area (Å²) in [5.41, 5.74) is 0.257. The first kappa shape index (κ1) is 14.5. The molecule has 0 bridgehead atoms. The van der Waals surface area contributed by atoms with Crippen LogP contribution >= 0.6 is 0 Å². The summed E-state index contributed by atoms with van der Waals surface area (Å²) >= 11 is 0. The number of rotatable bonds is 4. The number of carbonyl (C=O) groups excluding carboxylic acids is 2. The minimum Gasteiger partial charge on any atom is -0.343 e. The molecule has 0 aliphatic carbocycles. The lowest BCUT2D eigenvalue weighted by molar-refractivity contribution is -0.135. The van der Waals surface area contributed by atoms with Crippen molar-refractivity contribution in [2.45, 2.75) is 20.3 Å². The van der Waals surface area contributed by atoms with E-state index < -0.39 is 5.82 Å². The standard InChI is InChI=1S/C15H19FN2O2/c1-3-17(4-2)15(20)11-9-14(19)18(10-11)13-8-6-5-7-12(13)16/h5-8,11H,3-4,9-10H2,1-2H3. The molecule has 1 fully saturated rings. The summed E-state index contributed by atoms with van der Waals surface area (Å²) in [6.07, 6.45) is 0.156. The molecule has 2 rings (SSSR count). The Morgan fingerprint density at radius 1 is 1.35 bits per heavy atom. The molecule has 0 spiro atoms. The number of hydrogen-bond donors (Lipinski definition) is 0. The van der Waals surface area contributed by atoms with Gasteiger partial charge < -0.3 is 9.80 Å². The van der Waals surface area contributed by atoms with Crippen LogP contribution in [0, 0.1) is 11.7 Å². The monoisotopic (exact) mass is 278 g/mol. The maximum Gasteiger partial charge on any atom is 0.227 e. The molecule has 5 heteroatoms. The SMILES string of the molecule is CCN(CC)C(=O)C1CC(=O)N(c2ccccc2F)C1. The fourth-order valence-electron chi connectivity index (χ4n) is 2.57. The molecule has 1 heterocycles. The second-order valence-corrected chi connectivity index (χ2v) is 4.87. The molecule has 1 atom stereocenters. The zero-order valence-electron chi connectivity index (χ0n) is 11.8. The summed E-state index contributed by atoms with van der Waals surface area (Å²) in [6, 6.07) is 6.16. The van der Waals surface area contributed by atoms with Crippen LogP contribution in [0.15, 0.2) is 24.3 Å². The molecule has 20 heavy (non-hydrogen) atoms. The van der Waals surface area contributed by atoms with Crippen LogP contribution in [0.5, 0.6) is 0 Å². The van der Waals surface area contributed by atoms with Crippen molar-refractivity contribution in [1.29, 1.82) is 0 Å². The largest absolute Gasteiger partial charge is 0.343 e. The van der Waals surface area contributed by atoms with Gasteiger partial charge in [0.25, 0.3) is 0 Å². The van der Waals surface area contributed by atoms with Crippen molar-refractivity contribution in [3.63, 3.8) is 0 Å². The molecule has 1 saturated heterocycles. The molecule has 1 aliphatic heterocycles. The van der Waals surface area contributed by atoms with Gasteiger partial charge in [-0.1, -0.05) is 12.1 Å². The number of carbonyl (C=O) groups is 2. The Kier molecular flexibility index (Phi) is 4.37. The van der Waals surface area contributed by atoms with Gasteiger partial charge in [-0.15, -0.1) is 0 Å². The van der Waals surface area contributed by atoms with Crippen molar-refractivity contribution in [3.05, 3.63) is 30.1 Å². The number of hydrogen-bond acceptors (Lipinski definition) is 2. The maximum absolute atomic E-state index is 13.7. The first-order valence-electron chi connectivity index (χ1n) is 6.92. The molecule has 1 aromatic carbocycles. The first-order chi connectivity index (χ1) is 9.58. The van der Waals surface area contributed by atoms with Crippen LogP contribution in [0.3, 0.4) is 0 Å². The van der Waals surface area contributed by atoms with Gasteiger partial charge in [-0.2, -0.15) is 0 Å². The summed E-state index contributed by atoms with van der Waals surface area (Å²) in [6.45, 7) is 5.33. The molecule has 4 nitrogen and oxygen atoms in total. The summed E-state index contributed by atoms with van der Waals surface area (Å²) in [5.74, 6) is -1.03. The molecule has 1 aromatic rings. The van der Waals surface area contributed by atoms with Gasteiger partial charge in [0.2, 0.25) is 11.8 Å². The predicted octanol–water partition coefficient (Wildman–Crippen LogP) is 2.05. The summed E-state index contributed by atoms with van der Waals surface area (Å²) < 4.78 is 13.7. The molecule has 0 aromatic heterocycles. The molecule has 0 radical (unpaired) electrons. The van der Waals surface area contributed by atoms with Crippen LogP contribution in [-0.2, 0) is 9.59 Å². The highest BCUT2D eigenvalue weighted by molar-refractivity contribution is 6.00. The van der Waals surface area contributed by atoms with Crippen LogP contribution in [0.4, 0.5) is 10.1 Å². The second-order valence-electron chi connectivity index (χ2n) is 4.87. The number of benzene rings is 1. The number of para-hydroxylation sites is 1. The highest BCUT2D eigenvalue weighted by atomic mass is 19.1. The van der Waals surface area contributed by atoms with Crippen LogP contribution in [0.25, 0.3) is 0 Å². The van der Waals surface area contributed by atoms with E-state index in [1.807, 2.05) is 13.8 Å². The Labute approximate surface area is 118 Å². The normalized spacial score (nSPS) is 18.4. The predicted molar refractivity (Wildman–Crippen MR) is 74.8 cm³/mol. The van der Waals surface area contributed by atoms with Gasteiger partial charge in [0.1, 0.15) is 5.82 Å². The lowest BCUT2D eigenvalue weighted by Crippen LogP contribution is -2.37. The maximum atomic E-state index is 13.7. The van der Waals surface area contributed by atoms with E-state index in [1.165, 1.54) is 11.0 Å². The van der Waals surface area contributed by atoms with Crippen LogP contribution in [-0.4, -0.2) is 36.3 Å². The summed E-state index contributed by atoms with van der Waals surface area (Å²) in [7, 11) is 0. The number of halogens is 1. The Morgan fingerprint density at radius 2 is 2.00 bits per heavy atom. The van der Waals surface area contributed by atoms with E-state index in [0.29, 0.717) is 13.1 Å². The molecule has 108 valence electrons. The number of amides is 2. The van der Waals surface area contributed by atoms with Crippen molar-refractivity contribution >= 4 is 17.5 Å². The third kappa shape index (κ3) is 2.66. The smallest absolute Gasteiger partial charge is 0.227 e. The van der Waals surface area contributed by atoms with Crippen molar-refractivity contribution in [3.8, 4) is 0 Å². The van der Waals surface area contributed by atoms with Crippen molar-refractivity contribution in [2.24, 2.45) is 5.92 Å². The third-order valence-electron chi connectivity index (χ3n) is 3.69. The average molecular weight is 278 g/mol. The van der Waals surface area contributed by atoms with Gasteiger partial charge in [0.05, 0.1) is 11.6 Å². The number of anilines is 1. The van der Waals surface area contributed by atoms with Crippen LogP contribution in [0.1, 0.15) is 20.3 Å². The van der Waals surface area contributed by atoms with E-state index in [9.17, 15) is 14.0 Å². The molecular weight excluding hydrogens is 259 g/mol. The molecular formula is C15H19FN2O2. The lowest BCUT2D eigenvalue weighted by atomic mass is 10.1. The third-order valence-corrected chi connectivity index (χ3v) is 3.69. The van der Waals surface area contributed by atoms with Crippen LogP contribution in [0.2, 0.25) is 0 Å². The molecule has 0 N–H and O–H groups in total. The summed E-state index contributed by atoms with van der Waals surface area (Å²) in [4.78, 5) is 27.4. The van der Waals surface area contributed by atoms with Crippen molar-refractivity contribution < 1.29 is 14.0 Å². The van der Waals surface area contributed by atoms with Crippen molar-refractivity contribution in [1.82, 2.24) is 4.90 Å². The Morgan fingerprint density at radius 3 is 2.60 bits per heavy atom. The molecule has 1 unspecified atom stereocenters. The Hall–Kier alpha value is -1.91. The second kappa shape index (κ2) is 6.03. The fraction of sp³-hybridized carbons (Fsp3) is 0.467. The summed E-state index contributed by atoms with van der Waals surface area (Å²) in [5, 5.41) is 0. The fourth-order valence-corrected chi connectivity index (χ4v) is 2.57. The van der Waals surface area contributed by atoms with E-state index in [2.05, 4.69) is 0 Å². The number of nitrogens with zero attached hydrogens (tertiary/aromatic N) is 2. The highest BCUT2D eigenvalue weighted by Crippen LogP contribution is 2.28. The minimum atomic E-state index is -0.434. The first-order valence-corrected chi connectivity index (χ1v) is 6.92. The zero-order valence-corrected chi connectivity index (χ0v) is 11.8. The van der Waals surface area contributed by atoms with E-state index in [-0.39, 0.29) is 36.4 Å². The highest BCUT2D eigenvalue weighted by Gasteiger charge is 2.37. The van der Waals surface area contributed by atoms with Gasteiger partial charge in [-0.3, -0.25) is 9.59 Å². The zero-order chi connectivity index (χ0) is 14.7. The van der Waals surface area contributed by atoms with Gasteiger partial charge in [0, 0.05) is 26.1 Å². The van der Waals surface area contributed by atoms with E-state index in [4.69, 9.17) is 0 Å². The lowest BCUT2D eigenvalue weighted by Gasteiger charge is -2.22. The molecule has 1 aliphatic rings. The van der Waals surface area contributed by atoms with Crippen LogP contribution < -0.4 is 4.90 Å². The quantitative estimate of drug-likeness (QED) is 0.845. The van der Waals surface area contributed by atoms with Gasteiger partial charge in [0.15, 0.2) is 0 Å².